The van der Waals surface area contributed by atoms with E-state index in [4.69, 9.17) is 4.42 Å². The van der Waals surface area contributed by atoms with E-state index in [-0.39, 0.29) is 28.1 Å². The molecule has 0 saturated carbocycles. The van der Waals surface area contributed by atoms with Gasteiger partial charge in [-0.15, -0.1) is 0 Å². The maximum atomic E-state index is 12.2. The molecule has 0 radical (unpaired) electrons. The molecule has 6 heteroatoms. The third-order valence-corrected chi connectivity index (χ3v) is 4.65. The Morgan fingerprint density at radius 1 is 1.14 bits per heavy atom. The van der Waals surface area contributed by atoms with E-state index in [0.717, 1.165) is 0 Å². The summed E-state index contributed by atoms with van der Waals surface area (Å²) in [5.74, 6) is 0.0976. The molecule has 0 aliphatic carbocycles. The number of rotatable bonds is 6. The molecule has 2 rings (SSSR count). The molecule has 118 valence electrons. The molecule has 0 fully saturated rings. The molecule has 1 heterocycles. The lowest BCUT2D eigenvalue weighted by Crippen LogP contribution is -2.26. The SMILES string of the molecule is CC(C)CNC(=O)c1ccc(CS(=O)(=O)c2ccccc2)o1. The van der Waals surface area contributed by atoms with Crippen LogP contribution in [0.1, 0.15) is 30.2 Å². The molecule has 0 saturated heterocycles. The number of nitrogens with one attached hydrogen (secondary N) is 1. The number of benzene rings is 1. The van der Waals surface area contributed by atoms with Crippen molar-refractivity contribution in [2.75, 3.05) is 6.54 Å². The van der Waals surface area contributed by atoms with Crippen molar-refractivity contribution in [2.45, 2.75) is 24.5 Å². The average molecular weight is 321 g/mol. The van der Waals surface area contributed by atoms with E-state index in [1.807, 2.05) is 13.8 Å². The van der Waals surface area contributed by atoms with E-state index in [9.17, 15) is 13.2 Å². The van der Waals surface area contributed by atoms with Crippen molar-refractivity contribution in [1.29, 1.82) is 0 Å². The van der Waals surface area contributed by atoms with Crippen LogP contribution >= 0.6 is 0 Å². The molecule has 0 aliphatic heterocycles. The van der Waals surface area contributed by atoms with Crippen LogP contribution < -0.4 is 5.32 Å². The Hall–Kier alpha value is -2.08. The highest BCUT2D eigenvalue weighted by Crippen LogP contribution is 2.18. The van der Waals surface area contributed by atoms with Crippen LogP contribution in [0.4, 0.5) is 0 Å². The molecular weight excluding hydrogens is 302 g/mol. The van der Waals surface area contributed by atoms with Crippen molar-refractivity contribution >= 4 is 15.7 Å². The fourth-order valence-electron chi connectivity index (χ4n) is 1.86. The minimum atomic E-state index is -3.48. The summed E-state index contributed by atoms with van der Waals surface area (Å²) in [6.07, 6.45) is 0. The van der Waals surface area contributed by atoms with Gasteiger partial charge in [-0.1, -0.05) is 32.0 Å². The largest absolute Gasteiger partial charge is 0.455 e. The van der Waals surface area contributed by atoms with Crippen molar-refractivity contribution in [3.63, 3.8) is 0 Å². The summed E-state index contributed by atoms with van der Waals surface area (Å²) in [6.45, 7) is 4.51. The van der Waals surface area contributed by atoms with Gasteiger partial charge in [0.25, 0.3) is 5.91 Å². The molecule has 0 aliphatic rings. The highest BCUT2D eigenvalue weighted by atomic mass is 32.2. The molecule has 5 nitrogen and oxygen atoms in total. The number of hydrogen-bond donors (Lipinski definition) is 1. The first kappa shape index (κ1) is 16.3. The van der Waals surface area contributed by atoms with E-state index in [1.165, 1.54) is 24.3 Å². The zero-order chi connectivity index (χ0) is 16.2. The maximum absolute atomic E-state index is 12.2. The number of carbonyl (C=O) groups excluding carboxylic acids is 1. The highest BCUT2D eigenvalue weighted by molar-refractivity contribution is 7.90. The molecule has 0 atom stereocenters. The fourth-order valence-corrected chi connectivity index (χ4v) is 3.13. The zero-order valence-corrected chi connectivity index (χ0v) is 13.4. The summed E-state index contributed by atoms with van der Waals surface area (Å²) < 4.78 is 29.8. The lowest BCUT2D eigenvalue weighted by atomic mass is 10.2. The second kappa shape index (κ2) is 6.79. The number of carbonyl (C=O) groups is 1. The van der Waals surface area contributed by atoms with Gasteiger partial charge in [-0.05, 0) is 30.2 Å². The van der Waals surface area contributed by atoms with Crippen molar-refractivity contribution in [3.8, 4) is 0 Å². The minimum absolute atomic E-state index is 0.124. The number of amides is 1. The average Bonchev–Trinajstić information content (AvgIpc) is 2.93. The minimum Gasteiger partial charge on any atom is -0.455 e. The van der Waals surface area contributed by atoms with Crippen LogP contribution in [0, 0.1) is 5.92 Å². The Morgan fingerprint density at radius 2 is 1.82 bits per heavy atom. The third kappa shape index (κ3) is 4.21. The number of hydrogen-bond acceptors (Lipinski definition) is 4. The monoisotopic (exact) mass is 321 g/mol. The Balaban J connectivity index is 2.08. The van der Waals surface area contributed by atoms with E-state index in [2.05, 4.69) is 5.32 Å². The lowest BCUT2D eigenvalue weighted by Gasteiger charge is -2.05. The van der Waals surface area contributed by atoms with Gasteiger partial charge in [0.05, 0.1) is 4.90 Å². The second-order valence-corrected chi connectivity index (χ2v) is 7.43. The van der Waals surface area contributed by atoms with Gasteiger partial charge < -0.3 is 9.73 Å². The van der Waals surface area contributed by atoms with Gasteiger partial charge in [-0.25, -0.2) is 8.42 Å². The number of sulfone groups is 1. The topological polar surface area (TPSA) is 76.4 Å². The lowest BCUT2D eigenvalue weighted by molar-refractivity contribution is 0.0919. The molecule has 1 aromatic carbocycles. The van der Waals surface area contributed by atoms with E-state index >= 15 is 0 Å². The van der Waals surface area contributed by atoms with Gasteiger partial charge in [0.15, 0.2) is 15.6 Å². The first-order valence-electron chi connectivity index (χ1n) is 7.03. The van der Waals surface area contributed by atoms with Gasteiger partial charge >= 0.3 is 0 Å². The van der Waals surface area contributed by atoms with Crippen LogP contribution in [0.5, 0.6) is 0 Å². The Morgan fingerprint density at radius 3 is 2.45 bits per heavy atom. The fraction of sp³-hybridized carbons (Fsp3) is 0.312. The highest BCUT2D eigenvalue weighted by Gasteiger charge is 2.19. The van der Waals surface area contributed by atoms with Gasteiger partial charge in [-0.3, -0.25) is 4.79 Å². The standard InChI is InChI=1S/C16H19NO4S/c1-12(2)10-17-16(18)15-9-8-13(21-15)11-22(19,20)14-6-4-3-5-7-14/h3-9,12H,10-11H2,1-2H3,(H,17,18). The van der Waals surface area contributed by atoms with Crippen LogP contribution in [0.2, 0.25) is 0 Å². The summed E-state index contributed by atoms with van der Waals surface area (Å²) in [5.41, 5.74) is 0. The molecule has 0 unspecified atom stereocenters. The van der Waals surface area contributed by atoms with E-state index in [0.29, 0.717) is 12.5 Å². The molecule has 1 N–H and O–H groups in total. The molecule has 0 spiro atoms. The van der Waals surface area contributed by atoms with Crippen LogP contribution in [-0.4, -0.2) is 20.9 Å². The van der Waals surface area contributed by atoms with Crippen LogP contribution in [-0.2, 0) is 15.6 Å². The quantitative estimate of drug-likeness (QED) is 0.887. The maximum Gasteiger partial charge on any atom is 0.287 e. The Bertz CT molecular complexity index is 733. The summed E-state index contributed by atoms with van der Waals surface area (Å²) in [7, 11) is -3.48. The molecule has 2 aromatic rings. The van der Waals surface area contributed by atoms with Gasteiger partial charge in [0, 0.05) is 6.54 Å². The summed E-state index contributed by atoms with van der Waals surface area (Å²) in [4.78, 5) is 12.1. The molecule has 1 amide bonds. The summed E-state index contributed by atoms with van der Waals surface area (Å²) in [6, 6.07) is 11.2. The van der Waals surface area contributed by atoms with Crippen molar-refractivity contribution in [3.05, 3.63) is 54.0 Å². The summed E-state index contributed by atoms with van der Waals surface area (Å²) in [5, 5.41) is 2.72. The van der Waals surface area contributed by atoms with Crippen LogP contribution in [0.15, 0.2) is 51.8 Å². The van der Waals surface area contributed by atoms with E-state index in [1.54, 1.807) is 18.2 Å². The van der Waals surface area contributed by atoms with E-state index < -0.39 is 9.84 Å². The predicted molar refractivity (Wildman–Crippen MR) is 83.2 cm³/mol. The first-order valence-corrected chi connectivity index (χ1v) is 8.68. The van der Waals surface area contributed by atoms with Crippen molar-refractivity contribution in [2.24, 2.45) is 5.92 Å². The smallest absolute Gasteiger partial charge is 0.287 e. The molecular formula is C16H19NO4S. The van der Waals surface area contributed by atoms with Crippen LogP contribution in [0.3, 0.4) is 0 Å². The normalized spacial score (nSPS) is 11.6. The molecule has 22 heavy (non-hydrogen) atoms. The number of furan rings is 1. The van der Waals surface area contributed by atoms with Gasteiger partial charge in [0.1, 0.15) is 11.5 Å². The zero-order valence-electron chi connectivity index (χ0n) is 12.6. The first-order chi connectivity index (χ1) is 10.4. The molecule has 0 bridgehead atoms. The third-order valence-electron chi connectivity index (χ3n) is 2.99. The summed E-state index contributed by atoms with van der Waals surface area (Å²) >= 11 is 0. The Kier molecular flexibility index (Phi) is 5.03. The Labute approximate surface area is 130 Å². The van der Waals surface area contributed by atoms with Crippen molar-refractivity contribution < 1.29 is 17.6 Å². The van der Waals surface area contributed by atoms with Gasteiger partial charge in [0.2, 0.25) is 0 Å². The van der Waals surface area contributed by atoms with Crippen molar-refractivity contribution in [1.82, 2.24) is 5.32 Å². The van der Waals surface area contributed by atoms with Crippen LogP contribution in [0.25, 0.3) is 0 Å². The second-order valence-electron chi connectivity index (χ2n) is 5.44. The molecule has 1 aromatic heterocycles. The van der Waals surface area contributed by atoms with Gasteiger partial charge in [-0.2, -0.15) is 0 Å². The predicted octanol–water partition coefficient (Wildman–Crippen LogP) is 2.64.